The van der Waals surface area contributed by atoms with Gasteiger partial charge in [-0.25, -0.2) is 8.78 Å². The van der Waals surface area contributed by atoms with Crippen molar-refractivity contribution in [1.29, 1.82) is 0 Å². The standard InChI is InChI=1S/C14H17F2N3/c1-9-11(7-17-3)10(2)19(18-9)8-12-13(15)5-4-6-14(12)16/h4-6,17H,7-8H2,1-3H3. The predicted molar refractivity (Wildman–Crippen MR) is 69.9 cm³/mol. The molecule has 19 heavy (non-hydrogen) atoms. The highest BCUT2D eigenvalue weighted by Gasteiger charge is 2.14. The number of aryl methyl sites for hydroxylation is 1. The zero-order valence-electron chi connectivity index (χ0n) is 11.3. The normalized spacial score (nSPS) is 11.0. The van der Waals surface area contributed by atoms with E-state index in [1.807, 2.05) is 20.9 Å². The Morgan fingerprint density at radius 2 is 1.79 bits per heavy atom. The van der Waals surface area contributed by atoms with E-state index in [4.69, 9.17) is 0 Å². The van der Waals surface area contributed by atoms with Crippen LogP contribution >= 0.6 is 0 Å². The van der Waals surface area contributed by atoms with E-state index in [1.165, 1.54) is 18.2 Å². The highest BCUT2D eigenvalue weighted by atomic mass is 19.1. The summed E-state index contributed by atoms with van der Waals surface area (Å²) in [5.74, 6) is -1.08. The molecule has 1 aromatic carbocycles. The van der Waals surface area contributed by atoms with Crippen LogP contribution in [0, 0.1) is 25.5 Å². The molecule has 1 aromatic heterocycles. The molecule has 0 saturated carbocycles. The summed E-state index contributed by atoms with van der Waals surface area (Å²) in [6, 6.07) is 3.89. The van der Waals surface area contributed by atoms with Gasteiger partial charge in [0.1, 0.15) is 11.6 Å². The van der Waals surface area contributed by atoms with Crippen LogP contribution in [0.25, 0.3) is 0 Å². The molecule has 0 aliphatic rings. The van der Waals surface area contributed by atoms with Gasteiger partial charge in [0.05, 0.1) is 12.2 Å². The molecule has 0 unspecified atom stereocenters. The average Bonchev–Trinajstić information content (AvgIpc) is 2.62. The fourth-order valence-electron chi connectivity index (χ4n) is 2.15. The van der Waals surface area contributed by atoms with Crippen LogP contribution < -0.4 is 5.32 Å². The van der Waals surface area contributed by atoms with Gasteiger partial charge in [-0.2, -0.15) is 5.10 Å². The van der Waals surface area contributed by atoms with E-state index in [1.54, 1.807) is 4.68 Å². The summed E-state index contributed by atoms with van der Waals surface area (Å²) in [5.41, 5.74) is 2.92. The van der Waals surface area contributed by atoms with Crippen molar-refractivity contribution in [2.75, 3.05) is 7.05 Å². The quantitative estimate of drug-likeness (QED) is 0.920. The van der Waals surface area contributed by atoms with Gasteiger partial charge in [-0.05, 0) is 33.0 Å². The first-order valence-corrected chi connectivity index (χ1v) is 6.15. The first kappa shape index (κ1) is 13.7. The van der Waals surface area contributed by atoms with Crippen LogP contribution in [0.4, 0.5) is 8.78 Å². The number of nitrogens with zero attached hydrogens (tertiary/aromatic N) is 2. The zero-order valence-corrected chi connectivity index (χ0v) is 11.3. The van der Waals surface area contributed by atoms with Crippen molar-refractivity contribution in [1.82, 2.24) is 15.1 Å². The molecule has 0 atom stereocenters. The maximum Gasteiger partial charge on any atom is 0.131 e. The van der Waals surface area contributed by atoms with Crippen molar-refractivity contribution in [3.63, 3.8) is 0 Å². The van der Waals surface area contributed by atoms with E-state index in [-0.39, 0.29) is 12.1 Å². The molecular formula is C14H17F2N3. The molecule has 3 nitrogen and oxygen atoms in total. The van der Waals surface area contributed by atoms with Gasteiger partial charge in [-0.15, -0.1) is 0 Å². The number of benzene rings is 1. The number of rotatable bonds is 4. The summed E-state index contributed by atoms with van der Waals surface area (Å²) in [5, 5.41) is 7.41. The van der Waals surface area contributed by atoms with Crippen LogP contribution in [-0.2, 0) is 13.1 Å². The lowest BCUT2D eigenvalue weighted by Gasteiger charge is -2.07. The van der Waals surface area contributed by atoms with Gasteiger partial charge in [0.15, 0.2) is 0 Å². The topological polar surface area (TPSA) is 29.9 Å². The van der Waals surface area contributed by atoms with Gasteiger partial charge >= 0.3 is 0 Å². The molecule has 0 radical (unpaired) electrons. The molecule has 2 aromatic rings. The summed E-state index contributed by atoms with van der Waals surface area (Å²) in [6.07, 6.45) is 0. The Hall–Kier alpha value is -1.75. The Morgan fingerprint density at radius 1 is 1.16 bits per heavy atom. The maximum absolute atomic E-state index is 13.6. The molecule has 0 amide bonds. The Labute approximate surface area is 111 Å². The highest BCUT2D eigenvalue weighted by molar-refractivity contribution is 5.26. The second-order valence-corrected chi connectivity index (χ2v) is 4.54. The molecule has 0 bridgehead atoms. The van der Waals surface area contributed by atoms with E-state index in [9.17, 15) is 8.78 Å². The first-order chi connectivity index (χ1) is 9.04. The van der Waals surface area contributed by atoms with Gasteiger partial charge in [0.25, 0.3) is 0 Å². The highest BCUT2D eigenvalue weighted by Crippen LogP contribution is 2.18. The third-order valence-corrected chi connectivity index (χ3v) is 3.25. The van der Waals surface area contributed by atoms with E-state index in [0.29, 0.717) is 6.54 Å². The summed E-state index contributed by atoms with van der Waals surface area (Å²) in [7, 11) is 1.85. The molecular weight excluding hydrogens is 248 g/mol. The fourth-order valence-corrected chi connectivity index (χ4v) is 2.15. The Balaban J connectivity index is 2.36. The summed E-state index contributed by atoms with van der Waals surface area (Å²) in [6.45, 7) is 4.60. The predicted octanol–water partition coefficient (Wildman–Crippen LogP) is 2.55. The zero-order chi connectivity index (χ0) is 14.0. The van der Waals surface area contributed by atoms with Crippen molar-refractivity contribution in [2.45, 2.75) is 26.9 Å². The summed E-state index contributed by atoms with van der Waals surface area (Å²) < 4.78 is 28.9. The van der Waals surface area contributed by atoms with Gasteiger partial charge in [0.2, 0.25) is 0 Å². The summed E-state index contributed by atoms with van der Waals surface area (Å²) >= 11 is 0. The molecule has 0 saturated heterocycles. The van der Waals surface area contributed by atoms with E-state index >= 15 is 0 Å². The summed E-state index contributed by atoms with van der Waals surface area (Å²) in [4.78, 5) is 0. The van der Waals surface area contributed by atoms with Gasteiger partial charge in [0, 0.05) is 23.4 Å². The van der Waals surface area contributed by atoms with Crippen LogP contribution in [0.1, 0.15) is 22.5 Å². The SMILES string of the molecule is CNCc1c(C)nn(Cc2c(F)cccc2F)c1C. The molecule has 0 spiro atoms. The van der Waals surface area contributed by atoms with E-state index in [2.05, 4.69) is 10.4 Å². The average molecular weight is 265 g/mol. The van der Waals surface area contributed by atoms with Crippen LogP contribution in [-0.4, -0.2) is 16.8 Å². The van der Waals surface area contributed by atoms with Gasteiger partial charge in [-0.1, -0.05) is 6.07 Å². The number of hydrogen-bond donors (Lipinski definition) is 1. The Bertz CT molecular complexity index is 570. The molecule has 0 aliphatic carbocycles. The first-order valence-electron chi connectivity index (χ1n) is 6.15. The number of nitrogens with one attached hydrogen (secondary N) is 1. The minimum Gasteiger partial charge on any atom is -0.316 e. The maximum atomic E-state index is 13.6. The molecule has 5 heteroatoms. The second kappa shape index (κ2) is 5.48. The number of halogens is 2. The molecule has 2 rings (SSSR count). The van der Waals surface area contributed by atoms with Crippen LogP contribution in [0.15, 0.2) is 18.2 Å². The van der Waals surface area contributed by atoms with Crippen LogP contribution in [0.5, 0.6) is 0 Å². The molecule has 1 N–H and O–H groups in total. The third kappa shape index (κ3) is 2.66. The van der Waals surface area contributed by atoms with Crippen molar-refractivity contribution < 1.29 is 8.78 Å². The molecule has 0 aliphatic heterocycles. The molecule has 1 heterocycles. The van der Waals surface area contributed by atoms with Crippen LogP contribution in [0.3, 0.4) is 0 Å². The van der Waals surface area contributed by atoms with E-state index < -0.39 is 11.6 Å². The second-order valence-electron chi connectivity index (χ2n) is 4.54. The monoisotopic (exact) mass is 265 g/mol. The lowest BCUT2D eigenvalue weighted by Crippen LogP contribution is -2.10. The van der Waals surface area contributed by atoms with Crippen molar-refractivity contribution in [2.24, 2.45) is 0 Å². The van der Waals surface area contributed by atoms with Crippen molar-refractivity contribution in [3.8, 4) is 0 Å². The Morgan fingerprint density at radius 3 is 2.37 bits per heavy atom. The number of aromatic nitrogens is 2. The Kier molecular flexibility index (Phi) is 3.95. The van der Waals surface area contributed by atoms with Gasteiger partial charge < -0.3 is 5.32 Å². The van der Waals surface area contributed by atoms with Crippen molar-refractivity contribution in [3.05, 3.63) is 52.3 Å². The smallest absolute Gasteiger partial charge is 0.131 e. The van der Waals surface area contributed by atoms with E-state index in [0.717, 1.165) is 17.0 Å². The minimum absolute atomic E-state index is 0.0455. The molecule has 102 valence electrons. The fraction of sp³-hybridized carbons (Fsp3) is 0.357. The lowest BCUT2D eigenvalue weighted by molar-refractivity contribution is 0.528. The van der Waals surface area contributed by atoms with Gasteiger partial charge in [-0.3, -0.25) is 4.68 Å². The third-order valence-electron chi connectivity index (χ3n) is 3.25. The molecule has 0 fully saturated rings. The largest absolute Gasteiger partial charge is 0.316 e. The van der Waals surface area contributed by atoms with Crippen LogP contribution in [0.2, 0.25) is 0 Å². The lowest BCUT2D eigenvalue weighted by atomic mass is 10.2. The minimum atomic E-state index is -0.539. The van der Waals surface area contributed by atoms with Crippen molar-refractivity contribution >= 4 is 0 Å². The number of hydrogen-bond acceptors (Lipinski definition) is 2.